The van der Waals surface area contributed by atoms with Gasteiger partial charge in [-0.2, -0.15) is 5.10 Å². The van der Waals surface area contributed by atoms with Gasteiger partial charge in [-0.05, 0) is 23.3 Å². The van der Waals surface area contributed by atoms with E-state index in [0.29, 0.717) is 0 Å². The van der Waals surface area contributed by atoms with E-state index in [1.54, 1.807) is 0 Å². The number of nitrogens with one attached hydrogen (secondary N) is 1. The molecule has 0 aliphatic carbocycles. The third-order valence-electron chi connectivity index (χ3n) is 2.80. The molecule has 18 heavy (non-hydrogen) atoms. The fourth-order valence-corrected chi connectivity index (χ4v) is 1.88. The van der Waals surface area contributed by atoms with Crippen LogP contribution in [-0.2, 0) is 0 Å². The van der Waals surface area contributed by atoms with Crippen molar-refractivity contribution in [2.24, 2.45) is 0 Å². The maximum absolute atomic E-state index is 11.4. The van der Waals surface area contributed by atoms with Crippen LogP contribution < -0.4 is 5.69 Å². The summed E-state index contributed by atoms with van der Waals surface area (Å²) in [7, 11) is 0. The molecule has 4 nitrogen and oxygen atoms in total. The molecular formula is C14H11N3O. The SMILES string of the molecule is O=c1[nH]ncn1-c1ccc(-c2ccccc2)cc1. The molecule has 1 heterocycles. The monoisotopic (exact) mass is 237 g/mol. The van der Waals surface area contributed by atoms with Crippen molar-refractivity contribution in [1.82, 2.24) is 14.8 Å². The van der Waals surface area contributed by atoms with E-state index in [9.17, 15) is 4.79 Å². The maximum Gasteiger partial charge on any atom is 0.347 e. The lowest BCUT2D eigenvalue weighted by Crippen LogP contribution is -2.13. The Morgan fingerprint density at radius 1 is 0.889 bits per heavy atom. The van der Waals surface area contributed by atoms with Gasteiger partial charge in [0.2, 0.25) is 0 Å². The highest BCUT2D eigenvalue weighted by Crippen LogP contribution is 2.19. The van der Waals surface area contributed by atoms with Crippen LogP contribution in [0.15, 0.2) is 65.7 Å². The standard InChI is InChI=1S/C14H11N3O/c18-14-16-15-10-17(14)13-8-6-12(7-9-13)11-4-2-1-3-5-11/h1-10H,(H,16,18). The van der Waals surface area contributed by atoms with Crippen LogP contribution in [0.5, 0.6) is 0 Å². The molecule has 0 atom stereocenters. The van der Waals surface area contributed by atoms with Crippen molar-refractivity contribution in [2.75, 3.05) is 0 Å². The van der Waals surface area contributed by atoms with Crippen LogP contribution in [0.2, 0.25) is 0 Å². The third-order valence-corrected chi connectivity index (χ3v) is 2.80. The molecule has 0 amide bonds. The molecule has 0 radical (unpaired) electrons. The van der Waals surface area contributed by atoms with Crippen molar-refractivity contribution in [3.8, 4) is 16.8 Å². The molecular weight excluding hydrogens is 226 g/mol. The fourth-order valence-electron chi connectivity index (χ4n) is 1.88. The van der Waals surface area contributed by atoms with E-state index in [1.165, 1.54) is 10.9 Å². The molecule has 88 valence electrons. The van der Waals surface area contributed by atoms with Gasteiger partial charge in [0.1, 0.15) is 6.33 Å². The molecule has 0 fully saturated rings. The fraction of sp³-hybridized carbons (Fsp3) is 0. The lowest BCUT2D eigenvalue weighted by atomic mass is 10.1. The summed E-state index contributed by atoms with van der Waals surface area (Å²) in [6.07, 6.45) is 1.47. The minimum absolute atomic E-state index is 0.234. The Labute approximate surface area is 104 Å². The van der Waals surface area contributed by atoms with E-state index >= 15 is 0 Å². The van der Waals surface area contributed by atoms with Gasteiger partial charge >= 0.3 is 5.69 Å². The molecule has 0 saturated heterocycles. The molecule has 0 saturated carbocycles. The average Bonchev–Trinajstić information content (AvgIpc) is 2.86. The first-order valence-electron chi connectivity index (χ1n) is 5.62. The summed E-state index contributed by atoms with van der Waals surface area (Å²) >= 11 is 0. The number of H-pyrrole nitrogens is 1. The molecule has 3 rings (SSSR count). The van der Waals surface area contributed by atoms with E-state index in [4.69, 9.17) is 0 Å². The summed E-state index contributed by atoms with van der Waals surface area (Å²) in [5.74, 6) is 0. The normalized spacial score (nSPS) is 10.4. The first-order valence-corrected chi connectivity index (χ1v) is 5.62. The maximum atomic E-state index is 11.4. The van der Waals surface area contributed by atoms with Gasteiger partial charge in [-0.25, -0.2) is 14.5 Å². The second-order valence-electron chi connectivity index (χ2n) is 3.94. The van der Waals surface area contributed by atoms with Gasteiger partial charge in [0.05, 0.1) is 5.69 Å². The van der Waals surface area contributed by atoms with E-state index in [1.807, 2.05) is 42.5 Å². The van der Waals surface area contributed by atoms with Crippen molar-refractivity contribution in [3.05, 3.63) is 71.4 Å². The van der Waals surface area contributed by atoms with Crippen molar-refractivity contribution >= 4 is 0 Å². The number of aromatic amines is 1. The van der Waals surface area contributed by atoms with Crippen LogP contribution >= 0.6 is 0 Å². The summed E-state index contributed by atoms with van der Waals surface area (Å²) in [5.41, 5.74) is 2.84. The highest BCUT2D eigenvalue weighted by Gasteiger charge is 2.01. The van der Waals surface area contributed by atoms with Crippen LogP contribution in [0.3, 0.4) is 0 Å². The van der Waals surface area contributed by atoms with Crippen LogP contribution in [0.1, 0.15) is 0 Å². The van der Waals surface area contributed by atoms with Gasteiger partial charge in [-0.1, -0.05) is 42.5 Å². The van der Waals surface area contributed by atoms with Gasteiger partial charge in [0, 0.05) is 0 Å². The lowest BCUT2D eigenvalue weighted by Gasteiger charge is -2.03. The predicted octanol–water partition coefficient (Wildman–Crippen LogP) is 2.23. The minimum atomic E-state index is -0.234. The number of hydrogen-bond acceptors (Lipinski definition) is 2. The van der Waals surface area contributed by atoms with Gasteiger partial charge in [0.15, 0.2) is 0 Å². The molecule has 1 N–H and O–H groups in total. The number of benzene rings is 2. The zero-order valence-electron chi connectivity index (χ0n) is 9.58. The van der Waals surface area contributed by atoms with E-state index in [2.05, 4.69) is 22.3 Å². The Morgan fingerprint density at radius 3 is 2.17 bits per heavy atom. The van der Waals surface area contributed by atoms with Crippen LogP contribution in [0.25, 0.3) is 16.8 Å². The smallest absolute Gasteiger partial charge is 0.250 e. The Kier molecular flexibility index (Phi) is 2.53. The zero-order chi connectivity index (χ0) is 12.4. The molecule has 4 heteroatoms. The zero-order valence-corrected chi connectivity index (χ0v) is 9.58. The van der Waals surface area contributed by atoms with E-state index in [0.717, 1.165) is 16.8 Å². The van der Waals surface area contributed by atoms with Crippen LogP contribution in [-0.4, -0.2) is 14.8 Å². The summed E-state index contributed by atoms with van der Waals surface area (Å²) in [4.78, 5) is 11.4. The molecule has 2 aromatic carbocycles. The van der Waals surface area contributed by atoms with Crippen molar-refractivity contribution in [2.45, 2.75) is 0 Å². The van der Waals surface area contributed by atoms with Gasteiger partial charge in [0.25, 0.3) is 0 Å². The Hall–Kier alpha value is -2.62. The molecule has 0 unspecified atom stereocenters. The number of aromatic nitrogens is 3. The Morgan fingerprint density at radius 2 is 1.56 bits per heavy atom. The van der Waals surface area contributed by atoms with Crippen molar-refractivity contribution in [3.63, 3.8) is 0 Å². The summed E-state index contributed by atoms with van der Waals surface area (Å²) < 4.78 is 1.47. The Balaban J connectivity index is 2.00. The van der Waals surface area contributed by atoms with Crippen LogP contribution in [0, 0.1) is 0 Å². The largest absolute Gasteiger partial charge is 0.347 e. The quantitative estimate of drug-likeness (QED) is 0.743. The highest BCUT2D eigenvalue weighted by molar-refractivity contribution is 5.64. The molecule has 1 aromatic heterocycles. The van der Waals surface area contributed by atoms with Crippen molar-refractivity contribution < 1.29 is 0 Å². The first-order chi connectivity index (χ1) is 8.84. The first kappa shape index (κ1) is 10.5. The van der Waals surface area contributed by atoms with Gasteiger partial charge in [-0.15, -0.1) is 0 Å². The summed E-state index contributed by atoms with van der Waals surface area (Å²) in [6, 6.07) is 17.9. The average molecular weight is 237 g/mol. The molecule has 0 bridgehead atoms. The predicted molar refractivity (Wildman–Crippen MR) is 69.6 cm³/mol. The lowest BCUT2D eigenvalue weighted by molar-refractivity contribution is 0.983. The summed E-state index contributed by atoms with van der Waals surface area (Å²) in [5, 5.41) is 6.07. The van der Waals surface area contributed by atoms with Gasteiger partial charge < -0.3 is 0 Å². The minimum Gasteiger partial charge on any atom is -0.250 e. The number of rotatable bonds is 2. The topological polar surface area (TPSA) is 50.7 Å². The molecule has 0 aliphatic heterocycles. The second-order valence-corrected chi connectivity index (χ2v) is 3.94. The molecule has 3 aromatic rings. The van der Waals surface area contributed by atoms with E-state index < -0.39 is 0 Å². The van der Waals surface area contributed by atoms with E-state index in [-0.39, 0.29) is 5.69 Å². The number of nitrogens with zero attached hydrogens (tertiary/aromatic N) is 2. The molecule has 0 spiro atoms. The Bertz CT molecular complexity index is 696. The number of hydrogen-bond donors (Lipinski definition) is 1. The van der Waals surface area contributed by atoms with Gasteiger partial charge in [-0.3, -0.25) is 0 Å². The summed E-state index contributed by atoms with van der Waals surface area (Å²) in [6.45, 7) is 0. The highest BCUT2D eigenvalue weighted by atomic mass is 16.1. The molecule has 0 aliphatic rings. The second kappa shape index (κ2) is 4.33. The third kappa shape index (κ3) is 1.84. The van der Waals surface area contributed by atoms with Crippen molar-refractivity contribution in [1.29, 1.82) is 0 Å². The van der Waals surface area contributed by atoms with Crippen LogP contribution in [0.4, 0.5) is 0 Å².